The molecule has 0 aliphatic rings. The van der Waals surface area contributed by atoms with Gasteiger partial charge in [-0.15, -0.1) is 0 Å². The van der Waals surface area contributed by atoms with Crippen LogP contribution in [-0.4, -0.2) is 42.8 Å². The molecule has 5 nitrogen and oxygen atoms in total. The van der Waals surface area contributed by atoms with Gasteiger partial charge in [0.2, 0.25) is 5.91 Å². The standard InChI is InChI=1S/C27H28Cl2N2O3/c1-3-31(4-2)14-15-34-26-13-11-21(17-24(26)29)30-27(33)18-25(32)22-12-10-20(16-23(22)28)19-8-6-5-7-9-19/h5-13,16-17H,3-4,14-15,18H2,1-2H3,(H,30,33). The van der Waals surface area contributed by atoms with E-state index >= 15 is 0 Å². The Bertz CT molecular complexity index is 1130. The summed E-state index contributed by atoms with van der Waals surface area (Å²) in [7, 11) is 0. The smallest absolute Gasteiger partial charge is 0.232 e. The van der Waals surface area contributed by atoms with Gasteiger partial charge >= 0.3 is 0 Å². The number of hydrogen-bond acceptors (Lipinski definition) is 4. The Morgan fingerprint density at radius 1 is 0.882 bits per heavy atom. The molecule has 0 fully saturated rings. The molecule has 3 aromatic rings. The fourth-order valence-corrected chi connectivity index (χ4v) is 4.04. The third-order valence-electron chi connectivity index (χ3n) is 5.47. The number of ketones is 1. The second kappa shape index (κ2) is 12.6. The lowest BCUT2D eigenvalue weighted by Crippen LogP contribution is -2.27. The van der Waals surface area contributed by atoms with Gasteiger partial charge in [0.15, 0.2) is 5.78 Å². The van der Waals surface area contributed by atoms with Gasteiger partial charge in [-0.05, 0) is 54.5 Å². The van der Waals surface area contributed by atoms with Crippen LogP contribution in [-0.2, 0) is 4.79 Å². The van der Waals surface area contributed by atoms with E-state index < -0.39 is 5.91 Å². The first-order valence-corrected chi connectivity index (χ1v) is 12.0. The third-order valence-corrected chi connectivity index (χ3v) is 6.08. The number of ether oxygens (including phenoxy) is 1. The van der Waals surface area contributed by atoms with Crippen LogP contribution >= 0.6 is 23.2 Å². The van der Waals surface area contributed by atoms with Crippen molar-refractivity contribution < 1.29 is 14.3 Å². The summed E-state index contributed by atoms with van der Waals surface area (Å²) in [5, 5.41) is 3.41. The number of amides is 1. The first kappa shape index (κ1) is 25.8. The van der Waals surface area contributed by atoms with Crippen LogP contribution in [0.3, 0.4) is 0 Å². The number of likely N-dealkylation sites (N-methyl/N-ethyl adjacent to an activating group) is 1. The average molecular weight is 499 g/mol. The van der Waals surface area contributed by atoms with Crippen molar-refractivity contribution in [1.29, 1.82) is 0 Å². The summed E-state index contributed by atoms with van der Waals surface area (Å²) >= 11 is 12.7. The van der Waals surface area contributed by atoms with Crippen LogP contribution in [0.5, 0.6) is 5.75 Å². The summed E-state index contributed by atoms with van der Waals surface area (Å²) < 4.78 is 5.75. The fourth-order valence-electron chi connectivity index (χ4n) is 3.52. The maximum absolute atomic E-state index is 12.7. The molecule has 1 N–H and O–H groups in total. The van der Waals surface area contributed by atoms with Crippen LogP contribution < -0.4 is 10.1 Å². The molecule has 7 heteroatoms. The van der Waals surface area contributed by atoms with Gasteiger partial charge in [-0.1, -0.05) is 73.4 Å². The van der Waals surface area contributed by atoms with Gasteiger partial charge in [-0.25, -0.2) is 0 Å². The lowest BCUT2D eigenvalue weighted by atomic mass is 10.0. The van der Waals surface area contributed by atoms with Gasteiger partial charge in [0.25, 0.3) is 0 Å². The topological polar surface area (TPSA) is 58.6 Å². The monoisotopic (exact) mass is 498 g/mol. The maximum atomic E-state index is 12.7. The Kier molecular flexibility index (Phi) is 9.52. The SMILES string of the molecule is CCN(CC)CCOc1ccc(NC(=O)CC(=O)c2ccc(-c3ccccc3)cc2Cl)cc1Cl. The molecule has 0 aromatic heterocycles. The highest BCUT2D eigenvalue weighted by atomic mass is 35.5. The molecular formula is C27H28Cl2N2O3. The molecule has 1 amide bonds. The van der Waals surface area contributed by atoms with Crippen LogP contribution in [0.25, 0.3) is 11.1 Å². The van der Waals surface area contributed by atoms with Gasteiger partial charge in [-0.2, -0.15) is 0 Å². The second-order valence-electron chi connectivity index (χ2n) is 7.73. The Hall–Kier alpha value is -2.86. The fraction of sp³-hybridized carbons (Fsp3) is 0.259. The number of Topliss-reactive ketones (excluding diaryl/α,β-unsaturated/α-hetero) is 1. The van der Waals surface area contributed by atoms with E-state index in [1.807, 2.05) is 36.4 Å². The predicted octanol–water partition coefficient (Wildman–Crippen LogP) is 6.59. The van der Waals surface area contributed by atoms with E-state index in [9.17, 15) is 9.59 Å². The first-order valence-electron chi connectivity index (χ1n) is 11.2. The Balaban J connectivity index is 1.57. The van der Waals surface area contributed by atoms with E-state index in [2.05, 4.69) is 24.1 Å². The summed E-state index contributed by atoms with van der Waals surface area (Å²) in [6, 6.07) is 20.0. The molecular weight excluding hydrogens is 471 g/mol. The molecule has 0 saturated carbocycles. The summed E-state index contributed by atoms with van der Waals surface area (Å²) in [5.41, 5.74) is 2.70. The van der Waals surface area contributed by atoms with Crippen molar-refractivity contribution in [2.75, 3.05) is 31.6 Å². The van der Waals surface area contributed by atoms with Gasteiger partial charge in [0.05, 0.1) is 16.5 Å². The van der Waals surface area contributed by atoms with Crippen LogP contribution in [0.4, 0.5) is 5.69 Å². The molecule has 0 bridgehead atoms. The molecule has 0 radical (unpaired) electrons. The van der Waals surface area contributed by atoms with Crippen molar-refractivity contribution in [2.45, 2.75) is 20.3 Å². The molecule has 3 aromatic carbocycles. The van der Waals surface area contributed by atoms with Crippen molar-refractivity contribution in [2.24, 2.45) is 0 Å². The number of nitrogens with zero attached hydrogens (tertiary/aromatic N) is 1. The van der Waals surface area contributed by atoms with E-state index in [0.717, 1.165) is 30.8 Å². The van der Waals surface area contributed by atoms with Crippen molar-refractivity contribution in [3.8, 4) is 16.9 Å². The molecule has 0 heterocycles. The summed E-state index contributed by atoms with van der Waals surface area (Å²) in [6.07, 6.45) is -0.329. The Labute approximate surface area is 210 Å². The largest absolute Gasteiger partial charge is 0.491 e. The molecule has 0 spiro atoms. The normalized spacial score (nSPS) is 10.9. The van der Waals surface area contributed by atoms with Crippen LogP contribution in [0.2, 0.25) is 10.0 Å². The average Bonchev–Trinajstić information content (AvgIpc) is 2.83. The van der Waals surface area contributed by atoms with Crippen molar-refractivity contribution >= 4 is 40.6 Å². The number of hydrogen-bond donors (Lipinski definition) is 1. The quantitative estimate of drug-likeness (QED) is 0.239. The number of benzene rings is 3. The van der Waals surface area contributed by atoms with Gasteiger partial charge in [0, 0.05) is 17.8 Å². The minimum absolute atomic E-state index is 0.312. The Morgan fingerprint density at radius 2 is 1.62 bits per heavy atom. The molecule has 34 heavy (non-hydrogen) atoms. The molecule has 0 aliphatic heterocycles. The van der Waals surface area contributed by atoms with E-state index in [4.69, 9.17) is 27.9 Å². The molecule has 0 saturated heterocycles. The third kappa shape index (κ3) is 7.07. The van der Waals surface area contributed by atoms with E-state index in [1.165, 1.54) is 0 Å². The van der Waals surface area contributed by atoms with Gasteiger partial charge in [0.1, 0.15) is 12.4 Å². The Morgan fingerprint density at radius 3 is 2.26 bits per heavy atom. The maximum Gasteiger partial charge on any atom is 0.232 e. The summed E-state index contributed by atoms with van der Waals surface area (Å²) in [6.45, 7) is 7.45. The van der Waals surface area contributed by atoms with Crippen molar-refractivity contribution in [3.63, 3.8) is 0 Å². The highest BCUT2D eigenvalue weighted by Gasteiger charge is 2.16. The number of rotatable bonds is 11. The minimum Gasteiger partial charge on any atom is -0.491 e. The van der Waals surface area contributed by atoms with Crippen molar-refractivity contribution in [1.82, 2.24) is 4.90 Å². The van der Waals surface area contributed by atoms with Gasteiger partial charge < -0.3 is 15.0 Å². The number of anilines is 1. The van der Waals surface area contributed by atoms with Gasteiger partial charge in [-0.3, -0.25) is 9.59 Å². The van der Waals surface area contributed by atoms with Crippen molar-refractivity contribution in [3.05, 3.63) is 82.3 Å². The molecule has 0 unspecified atom stereocenters. The predicted molar refractivity (Wildman–Crippen MR) is 139 cm³/mol. The zero-order valence-electron chi connectivity index (χ0n) is 19.3. The molecule has 3 rings (SSSR count). The lowest BCUT2D eigenvalue weighted by Gasteiger charge is -2.18. The van der Waals surface area contributed by atoms with Crippen LogP contribution in [0, 0.1) is 0 Å². The molecule has 0 atom stereocenters. The molecule has 0 aliphatic carbocycles. The minimum atomic E-state index is -0.445. The highest BCUT2D eigenvalue weighted by Crippen LogP contribution is 2.29. The first-order chi connectivity index (χ1) is 16.4. The van der Waals surface area contributed by atoms with E-state index in [0.29, 0.717) is 33.7 Å². The number of carbonyl (C=O) groups excluding carboxylic acids is 2. The zero-order chi connectivity index (χ0) is 24.5. The summed E-state index contributed by atoms with van der Waals surface area (Å²) in [5.74, 6) is -0.253. The highest BCUT2D eigenvalue weighted by molar-refractivity contribution is 6.35. The lowest BCUT2D eigenvalue weighted by molar-refractivity contribution is -0.115. The summed E-state index contributed by atoms with van der Waals surface area (Å²) in [4.78, 5) is 27.4. The zero-order valence-corrected chi connectivity index (χ0v) is 20.8. The number of halogens is 2. The molecule has 178 valence electrons. The van der Waals surface area contributed by atoms with E-state index in [1.54, 1.807) is 30.3 Å². The second-order valence-corrected chi connectivity index (χ2v) is 8.54. The van der Waals surface area contributed by atoms with Crippen LogP contribution in [0.1, 0.15) is 30.6 Å². The van der Waals surface area contributed by atoms with E-state index in [-0.39, 0.29) is 12.2 Å². The number of nitrogens with one attached hydrogen (secondary N) is 1. The number of carbonyl (C=O) groups is 2. The van der Waals surface area contributed by atoms with Crippen LogP contribution in [0.15, 0.2) is 66.7 Å².